The summed E-state index contributed by atoms with van der Waals surface area (Å²) in [5.74, 6) is -0.353. The molecule has 0 saturated heterocycles. The molecule has 3 aromatic carbocycles. The van der Waals surface area contributed by atoms with E-state index in [2.05, 4.69) is 5.32 Å². The number of rotatable bonds is 13. The largest absolute Gasteiger partial charge is 0.497 e. The first-order chi connectivity index (χ1) is 21.6. The molecule has 242 valence electrons. The number of carbonyl (C=O) groups is 2. The average Bonchev–Trinajstić information content (AvgIpc) is 3.05. The van der Waals surface area contributed by atoms with Crippen LogP contribution in [0.1, 0.15) is 51.0 Å². The Morgan fingerprint density at radius 3 is 2.20 bits per heavy atom. The molecule has 3 aromatic rings. The van der Waals surface area contributed by atoms with Crippen molar-refractivity contribution in [2.75, 3.05) is 25.1 Å². The van der Waals surface area contributed by atoms with Crippen LogP contribution in [0.25, 0.3) is 0 Å². The molecule has 1 saturated carbocycles. The second-order valence-corrected chi connectivity index (χ2v) is 13.5. The van der Waals surface area contributed by atoms with Crippen molar-refractivity contribution in [3.63, 3.8) is 0 Å². The van der Waals surface area contributed by atoms with Gasteiger partial charge in [0.2, 0.25) is 11.8 Å². The number of halogens is 2. The van der Waals surface area contributed by atoms with Gasteiger partial charge < -0.3 is 19.7 Å². The highest BCUT2D eigenvalue weighted by Gasteiger charge is 2.36. The van der Waals surface area contributed by atoms with Crippen LogP contribution in [0.2, 0.25) is 10.0 Å². The van der Waals surface area contributed by atoms with Crippen LogP contribution in [0.4, 0.5) is 5.69 Å². The zero-order valence-electron chi connectivity index (χ0n) is 25.7. The summed E-state index contributed by atoms with van der Waals surface area (Å²) in [6.45, 7) is 1.06. The van der Waals surface area contributed by atoms with Gasteiger partial charge in [-0.25, -0.2) is 8.42 Å². The molecule has 0 aromatic heterocycles. The Bertz CT molecular complexity index is 1560. The zero-order valence-corrected chi connectivity index (χ0v) is 28.0. The van der Waals surface area contributed by atoms with Crippen LogP contribution in [0.5, 0.6) is 11.5 Å². The molecule has 0 heterocycles. The minimum atomic E-state index is -4.31. The van der Waals surface area contributed by atoms with E-state index in [9.17, 15) is 18.0 Å². The summed E-state index contributed by atoms with van der Waals surface area (Å²) >= 11 is 13.1. The Morgan fingerprint density at radius 2 is 1.60 bits per heavy atom. The van der Waals surface area contributed by atoms with Gasteiger partial charge in [-0.1, -0.05) is 73.7 Å². The Hall–Kier alpha value is -3.47. The van der Waals surface area contributed by atoms with Crippen LogP contribution in [0.15, 0.2) is 71.6 Å². The summed E-state index contributed by atoms with van der Waals surface area (Å²) < 4.78 is 40.3. The maximum atomic E-state index is 14.5. The SMILES string of the molecule is CCC(C(=O)NC1CCCCC1)N(Cc1c(Cl)cccc1Cl)C(=O)CN(c1cc(OC)ccc1OC)S(=O)(=O)c1ccccc1. The maximum absolute atomic E-state index is 14.5. The first kappa shape index (κ1) is 34.4. The molecule has 1 atom stereocenters. The molecule has 4 rings (SSSR count). The third kappa shape index (κ3) is 8.23. The lowest BCUT2D eigenvalue weighted by Gasteiger charge is -2.35. The lowest BCUT2D eigenvalue weighted by atomic mass is 9.95. The Labute approximate surface area is 275 Å². The van der Waals surface area contributed by atoms with Gasteiger partial charge in [0.05, 0.1) is 24.8 Å². The van der Waals surface area contributed by atoms with E-state index >= 15 is 0 Å². The number of hydrogen-bond acceptors (Lipinski definition) is 6. The highest BCUT2D eigenvalue weighted by Crippen LogP contribution is 2.36. The zero-order chi connectivity index (χ0) is 32.6. The van der Waals surface area contributed by atoms with Gasteiger partial charge in [0.15, 0.2) is 0 Å². The van der Waals surface area contributed by atoms with E-state index in [0.717, 1.165) is 36.4 Å². The Kier molecular flexibility index (Phi) is 12.0. The quantitative estimate of drug-likeness (QED) is 0.223. The molecule has 9 nitrogen and oxygen atoms in total. The van der Waals surface area contributed by atoms with E-state index in [-0.39, 0.29) is 41.2 Å². The highest BCUT2D eigenvalue weighted by atomic mass is 35.5. The van der Waals surface area contributed by atoms with Gasteiger partial charge >= 0.3 is 0 Å². The first-order valence-electron chi connectivity index (χ1n) is 14.9. The summed E-state index contributed by atoms with van der Waals surface area (Å²) in [4.78, 5) is 29.6. The molecule has 2 amide bonds. The molecule has 1 unspecified atom stereocenters. The molecule has 1 N–H and O–H groups in total. The number of benzene rings is 3. The third-order valence-corrected chi connectivity index (χ3v) is 10.5. The molecular weight excluding hydrogens is 637 g/mol. The Balaban J connectivity index is 1.79. The van der Waals surface area contributed by atoms with Crippen LogP contribution >= 0.6 is 23.2 Å². The number of ether oxygens (including phenoxy) is 2. The van der Waals surface area contributed by atoms with Crippen LogP contribution in [-0.4, -0.2) is 58.0 Å². The predicted molar refractivity (Wildman–Crippen MR) is 177 cm³/mol. The van der Waals surface area contributed by atoms with E-state index in [0.29, 0.717) is 21.4 Å². The number of nitrogens with one attached hydrogen (secondary N) is 1. The Morgan fingerprint density at radius 1 is 0.933 bits per heavy atom. The summed E-state index contributed by atoms with van der Waals surface area (Å²) in [5.41, 5.74) is 0.555. The van der Waals surface area contributed by atoms with E-state index in [4.69, 9.17) is 32.7 Å². The maximum Gasteiger partial charge on any atom is 0.264 e. The number of carbonyl (C=O) groups excluding carboxylic acids is 2. The lowest BCUT2D eigenvalue weighted by molar-refractivity contribution is -0.140. The number of nitrogens with zero attached hydrogens (tertiary/aromatic N) is 2. The van der Waals surface area contributed by atoms with Crippen molar-refractivity contribution < 1.29 is 27.5 Å². The van der Waals surface area contributed by atoms with E-state index in [1.807, 2.05) is 6.92 Å². The lowest BCUT2D eigenvalue weighted by Crippen LogP contribution is -2.54. The number of methoxy groups -OCH3 is 2. The van der Waals surface area contributed by atoms with Crippen LogP contribution < -0.4 is 19.1 Å². The molecule has 0 radical (unpaired) electrons. The molecule has 0 bridgehead atoms. The standard InChI is InChI=1S/C33H39Cl2N3O6S/c1-4-29(33(40)36-23-12-7-5-8-13-23)37(21-26-27(34)16-11-17-28(26)35)32(39)22-38(45(41,42)25-14-9-6-10-15-25)30-20-24(43-2)18-19-31(30)44-3/h6,9-11,14-20,23,29H,4-5,7-8,12-13,21-22H2,1-3H3,(H,36,40). The molecule has 1 fully saturated rings. The number of amides is 2. The fourth-order valence-electron chi connectivity index (χ4n) is 5.54. The van der Waals surface area contributed by atoms with Crippen molar-refractivity contribution in [2.24, 2.45) is 0 Å². The van der Waals surface area contributed by atoms with Gasteiger partial charge in [-0.05, 0) is 55.7 Å². The molecule has 1 aliphatic carbocycles. The van der Waals surface area contributed by atoms with E-state index < -0.39 is 28.5 Å². The second-order valence-electron chi connectivity index (χ2n) is 10.9. The molecule has 0 spiro atoms. The van der Waals surface area contributed by atoms with Crippen molar-refractivity contribution in [1.82, 2.24) is 10.2 Å². The first-order valence-corrected chi connectivity index (χ1v) is 17.1. The third-order valence-electron chi connectivity index (χ3n) is 7.99. The highest BCUT2D eigenvalue weighted by molar-refractivity contribution is 7.92. The molecule has 1 aliphatic rings. The molecule has 0 aliphatic heterocycles. The van der Waals surface area contributed by atoms with Crippen molar-refractivity contribution in [1.29, 1.82) is 0 Å². The van der Waals surface area contributed by atoms with Crippen LogP contribution in [0.3, 0.4) is 0 Å². The van der Waals surface area contributed by atoms with Gasteiger partial charge in [0, 0.05) is 34.3 Å². The normalized spacial score (nSPS) is 14.3. The average molecular weight is 677 g/mol. The van der Waals surface area contributed by atoms with Gasteiger partial charge in [0.1, 0.15) is 24.1 Å². The van der Waals surface area contributed by atoms with Crippen molar-refractivity contribution in [3.05, 3.63) is 82.3 Å². The summed E-state index contributed by atoms with van der Waals surface area (Å²) in [6, 6.07) is 16.6. The molecule has 45 heavy (non-hydrogen) atoms. The van der Waals surface area contributed by atoms with Gasteiger partial charge in [-0.3, -0.25) is 13.9 Å². The van der Waals surface area contributed by atoms with Crippen LogP contribution in [0, 0.1) is 0 Å². The predicted octanol–water partition coefficient (Wildman–Crippen LogP) is 6.46. The second kappa shape index (κ2) is 15.7. The van der Waals surface area contributed by atoms with E-state index in [1.54, 1.807) is 48.5 Å². The molecular formula is C33H39Cl2N3O6S. The number of hydrogen-bond donors (Lipinski definition) is 1. The summed E-state index contributed by atoms with van der Waals surface area (Å²) in [5, 5.41) is 3.78. The fourth-order valence-corrected chi connectivity index (χ4v) is 7.50. The fraction of sp³-hybridized carbons (Fsp3) is 0.394. The van der Waals surface area contributed by atoms with Crippen molar-refractivity contribution >= 4 is 50.7 Å². The minimum absolute atomic E-state index is 0.0113. The van der Waals surface area contributed by atoms with E-state index in [1.165, 1.54) is 37.3 Å². The summed E-state index contributed by atoms with van der Waals surface area (Å²) in [6.07, 6.45) is 5.18. The molecule has 12 heteroatoms. The van der Waals surface area contributed by atoms with Gasteiger partial charge in [-0.2, -0.15) is 0 Å². The monoisotopic (exact) mass is 675 g/mol. The van der Waals surface area contributed by atoms with Gasteiger partial charge in [-0.15, -0.1) is 0 Å². The number of anilines is 1. The summed E-state index contributed by atoms with van der Waals surface area (Å²) in [7, 11) is -1.44. The van der Waals surface area contributed by atoms with Crippen molar-refractivity contribution in [3.8, 4) is 11.5 Å². The smallest absolute Gasteiger partial charge is 0.264 e. The topological polar surface area (TPSA) is 105 Å². The van der Waals surface area contributed by atoms with Crippen LogP contribution in [-0.2, 0) is 26.2 Å². The minimum Gasteiger partial charge on any atom is -0.497 e. The van der Waals surface area contributed by atoms with Gasteiger partial charge in [0.25, 0.3) is 10.0 Å². The number of sulfonamides is 1. The van der Waals surface area contributed by atoms with Crippen molar-refractivity contribution in [2.45, 2.75) is 69.0 Å².